The predicted molar refractivity (Wildman–Crippen MR) is 49.7 cm³/mol. The second-order valence-corrected chi connectivity index (χ2v) is 2.74. The molecule has 60 valence electrons. The first-order valence-corrected chi connectivity index (χ1v) is 3.98. The fourth-order valence-corrected chi connectivity index (χ4v) is 1.16. The fourth-order valence-electron chi connectivity index (χ4n) is 0.953. The molecular formula is C8H11ClN2. The normalized spacial score (nSPS) is 9.91. The largest absolute Gasteiger partial charge is 0.397 e. The SMILES string of the molecule is Nc1cccc(CCCl)c1N. The Labute approximate surface area is 71.1 Å². The molecule has 0 radical (unpaired) electrons. The Morgan fingerprint density at radius 3 is 2.64 bits per heavy atom. The maximum absolute atomic E-state index is 5.69. The second-order valence-electron chi connectivity index (χ2n) is 2.36. The van der Waals surface area contributed by atoms with E-state index in [9.17, 15) is 0 Å². The zero-order valence-electron chi connectivity index (χ0n) is 6.18. The lowest BCUT2D eigenvalue weighted by Gasteiger charge is -2.05. The van der Waals surface area contributed by atoms with Gasteiger partial charge in [0.2, 0.25) is 0 Å². The monoisotopic (exact) mass is 170 g/mol. The van der Waals surface area contributed by atoms with E-state index in [0.29, 0.717) is 17.3 Å². The van der Waals surface area contributed by atoms with Crippen molar-refractivity contribution in [3.8, 4) is 0 Å². The van der Waals surface area contributed by atoms with E-state index in [4.69, 9.17) is 23.1 Å². The lowest BCUT2D eigenvalue weighted by Crippen LogP contribution is -1.99. The van der Waals surface area contributed by atoms with E-state index in [0.717, 1.165) is 12.0 Å². The van der Waals surface area contributed by atoms with Crippen molar-refractivity contribution < 1.29 is 0 Å². The molecule has 1 aromatic rings. The lowest BCUT2D eigenvalue weighted by molar-refractivity contribution is 1.16. The Morgan fingerprint density at radius 2 is 2.00 bits per heavy atom. The summed E-state index contributed by atoms with van der Waals surface area (Å²) in [5.74, 6) is 0.577. The van der Waals surface area contributed by atoms with Gasteiger partial charge in [0.1, 0.15) is 0 Å². The Kier molecular flexibility index (Phi) is 2.60. The zero-order valence-corrected chi connectivity index (χ0v) is 6.93. The summed E-state index contributed by atoms with van der Waals surface area (Å²) in [5.41, 5.74) is 13.6. The van der Waals surface area contributed by atoms with Crippen LogP contribution in [0.5, 0.6) is 0 Å². The van der Waals surface area contributed by atoms with E-state index in [1.54, 1.807) is 6.07 Å². The fraction of sp³-hybridized carbons (Fsp3) is 0.250. The van der Waals surface area contributed by atoms with Crippen molar-refractivity contribution >= 4 is 23.0 Å². The maximum Gasteiger partial charge on any atom is 0.0580 e. The summed E-state index contributed by atoms with van der Waals surface area (Å²) in [7, 11) is 0. The number of halogens is 1. The van der Waals surface area contributed by atoms with Gasteiger partial charge in [0.25, 0.3) is 0 Å². The van der Waals surface area contributed by atoms with Crippen LogP contribution < -0.4 is 11.5 Å². The average Bonchev–Trinajstić information content (AvgIpc) is 1.99. The van der Waals surface area contributed by atoms with Crippen LogP contribution >= 0.6 is 11.6 Å². The molecule has 0 aliphatic rings. The van der Waals surface area contributed by atoms with Gasteiger partial charge in [-0.05, 0) is 18.1 Å². The van der Waals surface area contributed by atoms with Crippen LogP contribution in [0.4, 0.5) is 11.4 Å². The van der Waals surface area contributed by atoms with Crippen LogP contribution in [0, 0.1) is 0 Å². The number of nitrogens with two attached hydrogens (primary N) is 2. The van der Waals surface area contributed by atoms with Crippen molar-refractivity contribution in [1.82, 2.24) is 0 Å². The van der Waals surface area contributed by atoms with Gasteiger partial charge in [0, 0.05) is 5.88 Å². The van der Waals surface area contributed by atoms with E-state index in [1.165, 1.54) is 0 Å². The first-order valence-electron chi connectivity index (χ1n) is 3.44. The number of anilines is 2. The van der Waals surface area contributed by atoms with Crippen LogP contribution in [0.25, 0.3) is 0 Å². The van der Waals surface area contributed by atoms with Crippen LogP contribution in [0.3, 0.4) is 0 Å². The molecule has 11 heavy (non-hydrogen) atoms. The summed E-state index contributed by atoms with van der Waals surface area (Å²) in [6.45, 7) is 0. The van der Waals surface area contributed by atoms with Crippen molar-refractivity contribution in [2.24, 2.45) is 0 Å². The van der Waals surface area contributed by atoms with Crippen molar-refractivity contribution in [1.29, 1.82) is 0 Å². The molecule has 0 aliphatic heterocycles. The third-order valence-corrected chi connectivity index (χ3v) is 1.78. The Morgan fingerprint density at radius 1 is 1.27 bits per heavy atom. The number of hydrogen-bond donors (Lipinski definition) is 2. The van der Waals surface area contributed by atoms with Crippen molar-refractivity contribution in [2.75, 3.05) is 17.3 Å². The molecule has 0 unspecified atom stereocenters. The molecule has 0 amide bonds. The van der Waals surface area contributed by atoms with Gasteiger partial charge in [-0.15, -0.1) is 11.6 Å². The molecule has 0 fully saturated rings. The molecule has 0 aromatic heterocycles. The van der Waals surface area contributed by atoms with E-state index in [1.807, 2.05) is 12.1 Å². The molecule has 0 atom stereocenters. The molecule has 0 saturated carbocycles. The minimum Gasteiger partial charge on any atom is -0.397 e. The quantitative estimate of drug-likeness (QED) is 0.524. The molecule has 0 aliphatic carbocycles. The van der Waals surface area contributed by atoms with E-state index in [2.05, 4.69) is 0 Å². The second kappa shape index (κ2) is 3.49. The van der Waals surface area contributed by atoms with Crippen LogP contribution in [0.1, 0.15) is 5.56 Å². The molecule has 3 heteroatoms. The van der Waals surface area contributed by atoms with Crippen molar-refractivity contribution in [2.45, 2.75) is 6.42 Å². The zero-order chi connectivity index (χ0) is 8.27. The maximum atomic E-state index is 5.69. The highest BCUT2D eigenvalue weighted by Crippen LogP contribution is 2.19. The van der Waals surface area contributed by atoms with Gasteiger partial charge in [-0.1, -0.05) is 12.1 Å². The first-order chi connectivity index (χ1) is 5.25. The molecule has 1 rings (SSSR count). The smallest absolute Gasteiger partial charge is 0.0580 e. The number of alkyl halides is 1. The summed E-state index contributed by atoms with van der Waals surface area (Å²) in [4.78, 5) is 0. The lowest BCUT2D eigenvalue weighted by atomic mass is 10.1. The highest BCUT2D eigenvalue weighted by atomic mass is 35.5. The van der Waals surface area contributed by atoms with Gasteiger partial charge in [0.15, 0.2) is 0 Å². The van der Waals surface area contributed by atoms with E-state index in [-0.39, 0.29) is 0 Å². The number of para-hydroxylation sites is 1. The molecule has 0 heterocycles. The number of benzene rings is 1. The number of aryl methyl sites for hydroxylation is 1. The van der Waals surface area contributed by atoms with Crippen molar-refractivity contribution in [3.63, 3.8) is 0 Å². The summed E-state index contributed by atoms with van der Waals surface area (Å²) >= 11 is 5.56. The van der Waals surface area contributed by atoms with Gasteiger partial charge in [-0.25, -0.2) is 0 Å². The highest BCUT2D eigenvalue weighted by molar-refractivity contribution is 6.18. The molecule has 0 bridgehead atoms. The average molecular weight is 171 g/mol. The van der Waals surface area contributed by atoms with Crippen LogP contribution in [0.2, 0.25) is 0 Å². The third kappa shape index (κ3) is 1.77. The molecule has 0 spiro atoms. The Hall–Kier alpha value is -0.890. The predicted octanol–water partition coefficient (Wildman–Crippen LogP) is 1.63. The number of rotatable bonds is 2. The molecule has 2 nitrogen and oxygen atoms in total. The number of hydrogen-bond acceptors (Lipinski definition) is 2. The first kappa shape index (κ1) is 8.21. The topological polar surface area (TPSA) is 52.0 Å². The number of nitrogen functional groups attached to an aromatic ring is 2. The van der Waals surface area contributed by atoms with Crippen LogP contribution in [-0.4, -0.2) is 5.88 Å². The Bertz CT molecular complexity index is 248. The van der Waals surface area contributed by atoms with E-state index < -0.39 is 0 Å². The van der Waals surface area contributed by atoms with Gasteiger partial charge >= 0.3 is 0 Å². The summed E-state index contributed by atoms with van der Waals surface area (Å²) in [6.07, 6.45) is 0.776. The van der Waals surface area contributed by atoms with Gasteiger partial charge in [0.05, 0.1) is 11.4 Å². The van der Waals surface area contributed by atoms with Crippen LogP contribution in [-0.2, 0) is 6.42 Å². The standard InChI is InChI=1S/C8H11ClN2/c9-5-4-6-2-1-3-7(10)8(6)11/h1-3H,4-5,10-11H2. The van der Waals surface area contributed by atoms with Crippen molar-refractivity contribution in [3.05, 3.63) is 23.8 Å². The molecule has 0 saturated heterocycles. The van der Waals surface area contributed by atoms with Gasteiger partial charge < -0.3 is 11.5 Å². The minimum absolute atomic E-state index is 0.577. The molecule has 4 N–H and O–H groups in total. The summed E-state index contributed by atoms with van der Waals surface area (Å²) < 4.78 is 0. The molecule has 1 aromatic carbocycles. The molecular weight excluding hydrogens is 160 g/mol. The minimum atomic E-state index is 0.577. The van der Waals surface area contributed by atoms with Crippen LogP contribution in [0.15, 0.2) is 18.2 Å². The van der Waals surface area contributed by atoms with Gasteiger partial charge in [-0.2, -0.15) is 0 Å². The summed E-state index contributed by atoms with van der Waals surface area (Å²) in [5, 5.41) is 0. The van der Waals surface area contributed by atoms with Gasteiger partial charge in [-0.3, -0.25) is 0 Å². The third-order valence-electron chi connectivity index (χ3n) is 1.59. The van der Waals surface area contributed by atoms with E-state index >= 15 is 0 Å². The Balaban J connectivity index is 2.96. The highest BCUT2D eigenvalue weighted by Gasteiger charge is 1.99. The summed E-state index contributed by atoms with van der Waals surface area (Å²) in [6, 6.07) is 5.61.